The van der Waals surface area contributed by atoms with Gasteiger partial charge in [-0.3, -0.25) is 0 Å². The zero-order valence-corrected chi connectivity index (χ0v) is 10.0. The molecule has 5 heteroatoms. The molecule has 1 unspecified atom stereocenters. The molecule has 1 atom stereocenters. The Hall–Kier alpha value is -0.120. The molecule has 0 saturated heterocycles. The summed E-state index contributed by atoms with van der Waals surface area (Å²) in [6.07, 6.45) is 0.901. The van der Waals surface area contributed by atoms with Gasteiger partial charge in [0.15, 0.2) is 0 Å². The first-order valence-electron chi connectivity index (χ1n) is 3.77. The Morgan fingerprint density at radius 3 is 2.71 bits per heavy atom. The van der Waals surface area contributed by atoms with Crippen LogP contribution in [0.4, 0.5) is 4.39 Å². The number of carbonyl (C=O) groups is 1. The Morgan fingerprint density at radius 1 is 1.57 bits per heavy atom. The molecule has 0 aliphatic rings. The highest BCUT2D eigenvalue weighted by Crippen LogP contribution is 2.28. The van der Waals surface area contributed by atoms with Crippen molar-refractivity contribution in [3.8, 4) is 0 Å². The lowest BCUT2D eigenvalue weighted by molar-refractivity contribution is -0.107. The van der Waals surface area contributed by atoms with Crippen molar-refractivity contribution in [1.29, 1.82) is 0 Å². The van der Waals surface area contributed by atoms with Gasteiger partial charge in [-0.2, -0.15) is 0 Å². The van der Waals surface area contributed by atoms with Gasteiger partial charge in [-0.05, 0) is 24.1 Å². The van der Waals surface area contributed by atoms with Gasteiger partial charge in [0, 0.05) is 9.50 Å². The number of benzene rings is 1. The zero-order chi connectivity index (χ0) is 10.7. The Balaban J connectivity index is 3.02. The maximum Gasteiger partial charge on any atom is 0.138 e. The van der Waals surface area contributed by atoms with Gasteiger partial charge in [0.2, 0.25) is 0 Å². The van der Waals surface area contributed by atoms with Gasteiger partial charge in [-0.1, -0.05) is 27.5 Å². The lowest BCUT2D eigenvalue weighted by Gasteiger charge is -2.07. The third-order valence-corrected chi connectivity index (χ3v) is 2.95. The molecule has 1 rings (SSSR count). The van der Waals surface area contributed by atoms with Crippen LogP contribution >= 0.6 is 39.1 Å². The van der Waals surface area contributed by atoms with Gasteiger partial charge in [0.25, 0.3) is 0 Å². The average molecular weight is 300 g/mol. The molecule has 1 nitrogen and oxygen atoms in total. The van der Waals surface area contributed by atoms with Crippen LogP contribution in [0.3, 0.4) is 0 Å². The van der Waals surface area contributed by atoms with E-state index < -0.39 is 11.2 Å². The van der Waals surface area contributed by atoms with Gasteiger partial charge in [0.05, 0.1) is 5.38 Å². The van der Waals surface area contributed by atoms with Crippen molar-refractivity contribution in [3.63, 3.8) is 0 Å². The number of rotatable bonds is 3. The van der Waals surface area contributed by atoms with E-state index in [0.29, 0.717) is 16.3 Å². The maximum absolute atomic E-state index is 12.8. The highest BCUT2D eigenvalue weighted by atomic mass is 79.9. The molecule has 0 aromatic heterocycles. The van der Waals surface area contributed by atoms with Gasteiger partial charge in [-0.15, -0.1) is 11.6 Å². The molecule has 0 fully saturated rings. The third-order valence-electron chi connectivity index (χ3n) is 1.65. The van der Waals surface area contributed by atoms with Crippen molar-refractivity contribution in [2.45, 2.75) is 11.8 Å². The first-order chi connectivity index (χ1) is 6.54. The van der Waals surface area contributed by atoms with Crippen LogP contribution in [-0.2, 0) is 11.2 Å². The van der Waals surface area contributed by atoms with Crippen LogP contribution in [0.25, 0.3) is 0 Å². The fourth-order valence-electron chi connectivity index (χ4n) is 1.01. The molecule has 1 aromatic carbocycles. The Kier molecular flexibility index (Phi) is 4.35. The van der Waals surface area contributed by atoms with Gasteiger partial charge in [0.1, 0.15) is 12.1 Å². The van der Waals surface area contributed by atoms with E-state index in [1.165, 1.54) is 12.1 Å². The number of aldehydes is 1. The SMILES string of the molecule is O=CC(Cl)Cc1c(Cl)cc(F)cc1Br. The van der Waals surface area contributed by atoms with Crippen molar-refractivity contribution in [1.82, 2.24) is 0 Å². The van der Waals surface area contributed by atoms with Crippen LogP contribution < -0.4 is 0 Å². The number of hydrogen-bond donors (Lipinski definition) is 0. The highest BCUT2D eigenvalue weighted by molar-refractivity contribution is 9.10. The van der Waals surface area contributed by atoms with E-state index in [9.17, 15) is 9.18 Å². The van der Waals surface area contributed by atoms with Crippen molar-refractivity contribution in [2.24, 2.45) is 0 Å². The van der Waals surface area contributed by atoms with Crippen LogP contribution in [0.5, 0.6) is 0 Å². The second kappa shape index (κ2) is 5.10. The smallest absolute Gasteiger partial charge is 0.138 e. The zero-order valence-electron chi connectivity index (χ0n) is 6.94. The lowest BCUT2D eigenvalue weighted by Crippen LogP contribution is -2.05. The first kappa shape index (κ1) is 12.0. The summed E-state index contributed by atoms with van der Waals surface area (Å²) in [6, 6.07) is 2.48. The molecule has 0 bridgehead atoms. The fourth-order valence-corrected chi connectivity index (χ4v) is 2.16. The van der Waals surface area contributed by atoms with E-state index in [1.807, 2.05) is 0 Å². The average Bonchev–Trinajstić information content (AvgIpc) is 2.10. The summed E-state index contributed by atoms with van der Waals surface area (Å²) < 4.78 is 13.3. The molecular weight excluding hydrogens is 294 g/mol. The maximum atomic E-state index is 12.8. The second-order valence-electron chi connectivity index (χ2n) is 2.70. The first-order valence-corrected chi connectivity index (χ1v) is 5.38. The molecule has 14 heavy (non-hydrogen) atoms. The summed E-state index contributed by atoms with van der Waals surface area (Å²) in [5.41, 5.74) is 0.639. The van der Waals surface area contributed by atoms with E-state index in [-0.39, 0.29) is 11.4 Å². The molecule has 0 radical (unpaired) electrons. The number of alkyl halides is 1. The predicted molar refractivity (Wildman–Crippen MR) is 58.5 cm³/mol. The minimum Gasteiger partial charge on any atom is -0.302 e. The molecule has 0 N–H and O–H groups in total. The molecule has 0 aliphatic heterocycles. The van der Waals surface area contributed by atoms with E-state index in [1.54, 1.807) is 0 Å². The predicted octanol–water partition coefficient (Wildman–Crippen LogP) is 3.59. The van der Waals surface area contributed by atoms with E-state index in [2.05, 4.69) is 15.9 Å². The fraction of sp³-hybridized carbons (Fsp3) is 0.222. The summed E-state index contributed by atoms with van der Waals surface area (Å²) in [4.78, 5) is 10.3. The standard InChI is InChI=1S/C9H6BrCl2FO/c10-8-2-6(13)3-9(12)7(8)1-5(11)4-14/h2-5H,1H2. The van der Waals surface area contributed by atoms with Crippen molar-refractivity contribution in [3.05, 3.63) is 33.0 Å². The normalized spacial score (nSPS) is 12.6. The van der Waals surface area contributed by atoms with Crippen molar-refractivity contribution >= 4 is 45.4 Å². The van der Waals surface area contributed by atoms with Crippen molar-refractivity contribution in [2.75, 3.05) is 0 Å². The largest absolute Gasteiger partial charge is 0.302 e. The number of halogens is 4. The Labute approximate surface area is 99.3 Å². The quantitative estimate of drug-likeness (QED) is 0.616. The summed E-state index contributed by atoms with van der Waals surface area (Å²) in [6.45, 7) is 0. The minimum absolute atomic E-state index is 0.268. The minimum atomic E-state index is -0.644. The number of carbonyl (C=O) groups excluding carboxylic acids is 1. The van der Waals surface area contributed by atoms with Crippen molar-refractivity contribution < 1.29 is 9.18 Å². The van der Waals surface area contributed by atoms with Crippen LogP contribution in [0, 0.1) is 5.82 Å². The summed E-state index contributed by atoms with van der Waals surface area (Å²) >= 11 is 14.6. The molecule has 0 aliphatic carbocycles. The van der Waals surface area contributed by atoms with Crippen LogP contribution in [0.1, 0.15) is 5.56 Å². The van der Waals surface area contributed by atoms with E-state index in [0.717, 1.165) is 0 Å². The van der Waals surface area contributed by atoms with Crippen LogP contribution in [0.15, 0.2) is 16.6 Å². The van der Waals surface area contributed by atoms with E-state index in [4.69, 9.17) is 23.2 Å². The Bertz CT molecular complexity index is 334. The second-order valence-corrected chi connectivity index (χ2v) is 4.53. The Morgan fingerprint density at radius 2 is 2.21 bits per heavy atom. The molecular formula is C9H6BrCl2FO. The molecule has 0 saturated carbocycles. The molecule has 0 amide bonds. The molecule has 0 spiro atoms. The molecule has 1 aromatic rings. The lowest BCUT2D eigenvalue weighted by atomic mass is 10.1. The monoisotopic (exact) mass is 298 g/mol. The van der Waals surface area contributed by atoms with Crippen LogP contribution in [0.2, 0.25) is 5.02 Å². The van der Waals surface area contributed by atoms with E-state index >= 15 is 0 Å². The van der Waals surface area contributed by atoms with Gasteiger partial charge >= 0.3 is 0 Å². The molecule has 76 valence electrons. The van der Waals surface area contributed by atoms with Gasteiger partial charge in [-0.25, -0.2) is 4.39 Å². The topological polar surface area (TPSA) is 17.1 Å². The van der Waals surface area contributed by atoms with Crippen LogP contribution in [-0.4, -0.2) is 11.7 Å². The number of hydrogen-bond acceptors (Lipinski definition) is 1. The summed E-state index contributed by atoms with van der Waals surface area (Å²) in [7, 11) is 0. The highest BCUT2D eigenvalue weighted by Gasteiger charge is 2.12. The third kappa shape index (κ3) is 2.94. The van der Waals surface area contributed by atoms with Gasteiger partial charge < -0.3 is 4.79 Å². The summed E-state index contributed by atoms with van der Waals surface area (Å²) in [5.74, 6) is -0.428. The molecule has 0 heterocycles. The summed E-state index contributed by atoms with van der Waals surface area (Å²) in [5, 5.41) is -0.376.